The van der Waals surface area contributed by atoms with Gasteiger partial charge in [-0.15, -0.1) is 0 Å². The quantitative estimate of drug-likeness (QED) is 0.612. The molecule has 0 atom stereocenters. The van der Waals surface area contributed by atoms with Crippen LogP contribution in [0.15, 0.2) is 71.5 Å². The van der Waals surface area contributed by atoms with Gasteiger partial charge in [-0.3, -0.25) is 9.48 Å². The molecule has 0 aliphatic carbocycles. The van der Waals surface area contributed by atoms with Crippen LogP contribution in [0.2, 0.25) is 0 Å². The van der Waals surface area contributed by atoms with Crippen LogP contribution in [0.4, 0.5) is 0 Å². The first kappa shape index (κ1) is 19.9. The van der Waals surface area contributed by atoms with Crippen LogP contribution in [-0.4, -0.2) is 28.9 Å². The first-order chi connectivity index (χ1) is 14.2. The van der Waals surface area contributed by atoms with E-state index in [4.69, 9.17) is 4.74 Å². The molecular formula is C23H24BrN3O2. The fraction of sp³-hybridized carbons (Fsp3) is 0.304. The van der Waals surface area contributed by atoms with Crippen LogP contribution >= 0.6 is 15.9 Å². The summed E-state index contributed by atoms with van der Waals surface area (Å²) in [5.74, 6) is 0.0729. The number of carbonyl (C=O) groups is 1. The molecule has 0 radical (unpaired) electrons. The molecule has 0 unspecified atom stereocenters. The van der Waals surface area contributed by atoms with Crippen molar-refractivity contribution in [3.05, 3.63) is 88.2 Å². The highest BCUT2D eigenvalue weighted by Gasteiger charge is 2.41. The molecule has 1 aromatic heterocycles. The molecule has 1 saturated heterocycles. The van der Waals surface area contributed by atoms with Gasteiger partial charge in [0, 0.05) is 36.6 Å². The molecular weight excluding hydrogens is 430 g/mol. The van der Waals surface area contributed by atoms with Crippen molar-refractivity contribution in [2.45, 2.75) is 31.3 Å². The van der Waals surface area contributed by atoms with E-state index in [0.717, 1.165) is 22.1 Å². The van der Waals surface area contributed by atoms with E-state index < -0.39 is 5.41 Å². The van der Waals surface area contributed by atoms with Crippen LogP contribution in [0.1, 0.15) is 29.5 Å². The maximum absolute atomic E-state index is 13.3. The number of nitrogens with one attached hydrogen (secondary N) is 1. The van der Waals surface area contributed by atoms with Gasteiger partial charge in [0.2, 0.25) is 5.91 Å². The number of ether oxygens (including phenoxy) is 1. The van der Waals surface area contributed by atoms with Gasteiger partial charge >= 0.3 is 0 Å². The number of benzene rings is 2. The lowest BCUT2D eigenvalue weighted by Crippen LogP contribution is -2.47. The van der Waals surface area contributed by atoms with E-state index >= 15 is 0 Å². The number of amides is 1. The Balaban J connectivity index is 1.43. The molecule has 3 aromatic rings. The molecule has 5 nitrogen and oxygen atoms in total. The highest BCUT2D eigenvalue weighted by Crippen LogP contribution is 2.35. The predicted octanol–water partition coefficient (Wildman–Crippen LogP) is 4.06. The predicted molar refractivity (Wildman–Crippen MR) is 115 cm³/mol. The van der Waals surface area contributed by atoms with Crippen LogP contribution in [-0.2, 0) is 28.0 Å². The topological polar surface area (TPSA) is 56.2 Å². The number of aromatic nitrogens is 2. The van der Waals surface area contributed by atoms with Crippen molar-refractivity contribution in [1.82, 2.24) is 15.1 Å². The second-order valence-corrected chi connectivity index (χ2v) is 8.32. The molecule has 1 aliphatic heterocycles. The van der Waals surface area contributed by atoms with Gasteiger partial charge in [-0.1, -0.05) is 52.3 Å². The minimum absolute atomic E-state index is 0.0729. The zero-order chi connectivity index (χ0) is 20.1. The van der Waals surface area contributed by atoms with Crippen LogP contribution in [0.3, 0.4) is 0 Å². The zero-order valence-electron chi connectivity index (χ0n) is 16.2. The summed E-state index contributed by atoms with van der Waals surface area (Å²) >= 11 is 3.48. The molecule has 150 valence electrons. The molecule has 0 saturated carbocycles. The van der Waals surface area contributed by atoms with E-state index in [2.05, 4.69) is 50.6 Å². The maximum atomic E-state index is 13.3. The Morgan fingerprint density at radius 1 is 1.07 bits per heavy atom. The number of rotatable bonds is 6. The summed E-state index contributed by atoms with van der Waals surface area (Å²) in [5.41, 5.74) is 2.79. The van der Waals surface area contributed by atoms with Crippen molar-refractivity contribution in [2.75, 3.05) is 13.2 Å². The molecule has 0 spiro atoms. The van der Waals surface area contributed by atoms with Gasteiger partial charge < -0.3 is 10.1 Å². The number of carbonyl (C=O) groups excluding carboxylic acids is 1. The molecule has 1 fully saturated rings. The van der Waals surface area contributed by atoms with Crippen LogP contribution < -0.4 is 5.32 Å². The summed E-state index contributed by atoms with van der Waals surface area (Å²) < 4.78 is 8.45. The van der Waals surface area contributed by atoms with Crippen molar-refractivity contribution in [1.29, 1.82) is 0 Å². The minimum atomic E-state index is -0.529. The third-order valence-electron chi connectivity index (χ3n) is 5.56. The Kier molecular flexibility index (Phi) is 6.11. The molecule has 0 bridgehead atoms. The Labute approximate surface area is 179 Å². The van der Waals surface area contributed by atoms with Gasteiger partial charge in [0.1, 0.15) is 0 Å². The van der Waals surface area contributed by atoms with E-state index in [1.54, 1.807) is 6.20 Å². The summed E-state index contributed by atoms with van der Waals surface area (Å²) in [6.07, 6.45) is 5.12. The Hall–Kier alpha value is -2.44. The Morgan fingerprint density at radius 2 is 1.76 bits per heavy atom. The van der Waals surface area contributed by atoms with E-state index in [-0.39, 0.29) is 5.91 Å². The molecule has 29 heavy (non-hydrogen) atoms. The van der Waals surface area contributed by atoms with Gasteiger partial charge in [-0.05, 0) is 47.7 Å². The third-order valence-corrected chi connectivity index (χ3v) is 6.09. The average molecular weight is 454 g/mol. The van der Waals surface area contributed by atoms with E-state index in [9.17, 15) is 4.79 Å². The van der Waals surface area contributed by atoms with Crippen molar-refractivity contribution in [3.63, 3.8) is 0 Å². The van der Waals surface area contributed by atoms with Gasteiger partial charge in [0.15, 0.2) is 0 Å². The summed E-state index contributed by atoms with van der Waals surface area (Å²) in [7, 11) is 0. The van der Waals surface area contributed by atoms with E-state index in [1.807, 2.05) is 41.2 Å². The van der Waals surface area contributed by atoms with Gasteiger partial charge in [0.25, 0.3) is 0 Å². The highest BCUT2D eigenvalue weighted by molar-refractivity contribution is 9.10. The smallest absolute Gasteiger partial charge is 0.231 e. The molecule has 2 aromatic carbocycles. The maximum Gasteiger partial charge on any atom is 0.231 e. The molecule has 1 amide bonds. The normalized spacial score (nSPS) is 15.8. The average Bonchev–Trinajstić information content (AvgIpc) is 3.27. The first-order valence-electron chi connectivity index (χ1n) is 9.83. The first-order valence-corrected chi connectivity index (χ1v) is 10.6. The largest absolute Gasteiger partial charge is 0.381 e. The summed E-state index contributed by atoms with van der Waals surface area (Å²) in [5, 5.41) is 7.40. The number of hydrogen-bond acceptors (Lipinski definition) is 3. The number of halogens is 1. The molecule has 6 heteroatoms. The SMILES string of the molecule is O=C(NCc1ccc(Cn2cccn2)cc1)C1(c2ccc(Br)cc2)CCOCC1. The lowest BCUT2D eigenvalue weighted by atomic mass is 9.73. The zero-order valence-corrected chi connectivity index (χ0v) is 17.8. The summed E-state index contributed by atoms with van der Waals surface area (Å²) in [6.45, 7) is 2.46. The van der Waals surface area contributed by atoms with Gasteiger partial charge in [-0.25, -0.2) is 0 Å². The lowest BCUT2D eigenvalue weighted by Gasteiger charge is -2.36. The molecule has 1 aliphatic rings. The second-order valence-electron chi connectivity index (χ2n) is 7.40. The Bertz CT molecular complexity index is 931. The van der Waals surface area contributed by atoms with Crippen molar-refractivity contribution < 1.29 is 9.53 Å². The fourth-order valence-electron chi connectivity index (χ4n) is 3.83. The lowest BCUT2D eigenvalue weighted by molar-refractivity contribution is -0.130. The fourth-order valence-corrected chi connectivity index (χ4v) is 4.10. The van der Waals surface area contributed by atoms with Crippen LogP contribution in [0.5, 0.6) is 0 Å². The molecule has 4 rings (SSSR count). The van der Waals surface area contributed by atoms with Gasteiger partial charge in [0.05, 0.1) is 12.0 Å². The van der Waals surface area contributed by atoms with Crippen molar-refractivity contribution in [3.8, 4) is 0 Å². The molecule has 1 N–H and O–H groups in total. The third kappa shape index (κ3) is 4.60. The number of hydrogen-bond donors (Lipinski definition) is 1. The number of nitrogens with zero attached hydrogens (tertiary/aromatic N) is 2. The second kappa shape index (κ2) is 8.93. The minimum Gasteiger partial charge on any atom is -0.381 e. The molecule has 2 heterocycles. The standard InChI is InChI=1S/C23H24BrN3O2/c24-21-8-6-20(7-9-21)23(10-14-29-15-11-23)22(28)25-16-18-2-4-19(5-3-18)17-27-13-1-12-26-27/h1-9,12-13H,10-11,14-17H2,(H,25,28). The summed E-state index contributed by atoms with van der Waals surface area (Å²) in [4.78, 5) is 13.3. The van der Waals surface area contributed by atoms with E-state index in [0.29, 0.717) is 32.6 Å². The Morgan fingerprint density at radius 3 is 2.41 bits per heavy atom. The van der Waals surface area contributed by atoms with Gasteiger partial charge in [-0.2, -0.15) is 5.10 Å². The highest BCUT2D eigenvalue weighted by atomic mass is 79.9. The van der Waals surface area contributed by atoms with Crippen LogP contribution in [0, 0.1) is 0 Å². The van der Waals surface area contributed by atoms with Crippen molar-refractivity contribution in [2.24, 2.45) is 0 Å². The van der Waals surface area contributed by atoms with E-state index in [1.165, 1.54) is 5.56 Å². The van der Waals surface area contributed by atoms with Crippen LogP contribution in [0.25, 0.3) is 0 Å². The summed E-state index contributed by atoms with van der Waals surface area (Å²) in [6, 6.07) is 18.3. The monoisotopic (exact) mass is 453 g/mol. The van der Waals surface area contributed by atoms with Crippen molar-refractivity contribution >= 4 is 21.8 Å².